The van der Waals surface area contributed by atoms with Gasteiger partial charge in [0, 0.05) is 39.6 Å². The van der Waals surface area contributed by atoms with Crippen LogP contribution in [0.2, 0.25) is 10.0 Å². The Kier molecular flexibility index (Phi) is 8.51. The number of likely N-dealkylation sites (N-methyl/N-ethyl adjacent to an activating group) is 1. The number of aliphatic hydroxyl groups excluding tert-OH is 1. The number of carbonyl (C=O) groups is 1. The third-order valence-electron chi connectivity index (χ3n) is 6.08. The highest BCUT2D eigenvalue weighted by Gasteiger charge is 2.34. The molecule has 0 aliphatic carbocycles. The van der Waals surface area contributed by atoms with Crippen LogP contribution < -0.4 is 9.64 Å². The van der Waals surface area contributed by atoms with Crippen LogP contribution in [0.25, 0.3) is 0 Å². The van der Waals surface area contributed by atoms with Crippen molar-refractivity contribution in [3.8, 4) is 5.75 Å². The average Bonchev–Trinajstić information content (AvgIpc) is 2.77. The Morgan fingerprint density at radius 2 is 1.91 bits per heavy atom. The highest BCUT2D eigenvalue weighted by Crippen LogP contribution is 2.36. The van der Waals surface area contributed by atoms with E-state index in [0.717, 1.165) is 11.3 Å². The molecule has 2 aromatic carbocycles. The number of halogens is 2. The van der Waals surface area contributed by atoms with E-state index in [1.54, 1.807) is 17.0 Å². The summed E-state index contributed by atoms with van der Waals surface area (Å²) in [6, 6.07) is 11.0. The topological polar surface area (TPSA) is 56.3 Å². The van der Waals surface area contributed by atoms with Crippen LogP contribution in [0.3, 0.4) is 0 Å². The molecule has 0 unspecified atom stereocenters. The number of anilines is 1. The molecule has 8 heteroatoms. The van der Waals surface area contributed by atoms with Gasteiger partial charge in [-0.1, -0.05) is 42.3 Å². The van der Waals surface area contributed by atoms with Crippen molar-refractivity contribution in [2.24, 2.45) is 5.92 Å². The zero-order valence-corrected chi connectivity index (χ0v) is 21.4. The van der Waals surface area contributed by atoms with Gasteiger partial charge in [-0.05, 0) is 43.8 Å². The van der Waals surface area contributed by atoms with Crippen molar-refractivity contribution in [2.75, 3.05) is 45.7 Å². The molecule has 6 nitrogen and oxygen atoms in total. The van der Waals surface area contributed by atoms with Crippen molar-refractivity contribution in [3.63, 3.8) is 0 Å². The van der Waals surface area contributed by atoms with Crippen LogP contribution in [-0.2, 0) is 6.54 Å². The summed E-state index contributed by atoms with van der Waals surface area (Å²) in [4.78, 5) is 19.3. The fourth-order valence-electron chi connectivity index (χ4n) is 4.12. The van der Waals surface area contributed by atoms with Crippen molar-refractivity contribution < 1.29 is 14.6 Å². The van der Waals surface area contributed by atoms with Crippen LogP contribution in [-0.4, -0.2) is 73.8 Å². The molecular formula is C25H33Cl2N3O3. The van der Waals surface area contributed by atoms with Gasteiger partial charge in [-0.2, -0.15) is 0 Å². The van der Waals surface area contributed by atoms with Gasteiger partial charge in [-0.25, -0.2) is 0 Å². The van der Waals surface area contributed by atoms with E-state index in [-0.39, 0.29) is 30.6 Å². The smallest absolute Gasteiger partial charge is 0.258 e. The van der Waals surface area contributed by atoms with Gasteiger partial charge >= 0.3 is 0 Å². The van der Waals surface area contributed by atoms with Crippen molar-refractivity contribution in [1.82, 2.24) is 9.80 Å². The minimum atomic E-state index is -0.288. The average molecular weight is 494 g/mol. The lowest BCUT2D eigenvalue weighted by Crippen LogP contribution is -2.49. The van der Waals surface area contributed by atoms with Gasteiger partial charge in [0.25, 0.3) is 5.91 Å². The van der Waals surface area contributed by atoms with Crippen molar-refractivity contribution in [3.05, 3.63) is 57.6 Å². The van der Waals surface area contributed by atoms with Gasteiger partial charge < -0.3 is 19.6 Å². The van der Waals surface area contributed by atoms with Gasteiger partial charge in [-0.15, -0.1) is 0 Å². The standard InChI is InChI=1S/C25H33Cl2N3O3/c1-16-12-30(17(2)15-31)25(32)19-7-6-8-22(28(3)4)24(19)33-23(16)14-29(5)13-18-9-10-20(26)21(27)11-18/h6-11,16-17,23,31H,12-15H2,1-5H3/t16-,17-,23+/m1/s1. The Bertz CT molecular complexity index is 985. The monoisotopic (exact) mass is 493 g/mol. The Labute approximate surface area is 206 Å². The predicted octanol–water partition coefficient (Wildman–Crippen LogP) is 4.41. The fraction of sp³-hybridized carbons (Fsp3) is 0.480. The molecule has 0 fully saturated rings. The molecule has 0 spiro atoms. The number of nitrogens with zero attached hydrogens (tertiary/aromatic N) is 3. The Hall–Kier alpha value is -1.99. The molecule has 1 aliphatic rings. The largest absolute Gasteiger partial charge is 0.486 e. The maximum absolute atomic E-state index is 13.4. The molecule has 0 aromatic heterocycles. The molecule has 180 valence electrons. The number of para-hydroxylation sites is 1. The first-order valence-corrected chi connectivity index (χ1v) is 11.9. The lowest BCUT2D eigenvalue weighted by atomic mass is 9.98. The second kappa shape index (κ2) is 11.0. The van der Waals surface area contributed by atoms with Crippen molar-refractivity contribution >= 4 is 34.8 Å². The van der Waals surface area contributed by atoms with Crippen LogP contribution >= 0.6 is 23.2 Å². The highest BCUT2D eigenvalue weighted by molar-refractivity contribution is 6.42. The van der Waals surface area contributed by atoms with E-state index in [0.29, 0.717) is 41.0 Å². The van der Waals surface area contributed by atoms with E-state index in [4.69, 9.17) is 27.9 Å². The number of hydrogen-bond acceptors (Lipinski definition) is 5. The molecule has 0 saturated heterocycles. The lowest BCUT2D eigenvalue weighted by Gasteiger charge is -2.39. The third-order valence-corrected chi connectivity index (χ3v) is 6.82. The maximum Gasteiger partial charge on any atom is 0.258 e. The first kappa shape index (κ1) is 25.6. The number of fused-ring (bicyclic) bond motifs is 1. The number of rotatable bonds is 7. The van der Waals surface area contributed by atoms with Gasteiger partial charge in [0.2, 0.25) is 0 Å². The second-order valence-corrected chi connectivity index (χ2v) is 9.93. The quantitative estimate of drug-likeness (QED) is 0.618. The van der Waals surface area contributed by atoms with Crippen molar-refractivity contribution in [2.45, 2.75) is 32.5 Å². The van der Waals surface area contributed by atoms with E-state index in [2.05, 4.69) is 11.8 Å². The molecule has 2 aromatic rings. The SMILES string of the molecule is C[C@@H]1CN([C@H](C)CO)C(=O)c2cccc(N(C)C)c2O[C@H]1CN(C)Cc1ccc(Cl)c(Cl)c1. The van der Waals surface area contributed by atoms with Gasteiger partial charge in [0.05, 0.1) is 33.9 Å². The zero-order valence-electron chi connectivity index (χ0n) is 19.9. The number of benzene rings is 2. The Morgan fingerprint density at radius 1 is 1.18 bits per heavy atom. The van der Waals surface area contributed by atoms with Gasteiger partial charge in [0.15, 0.2) is 5.75 Å². The summed E-state index contributed by atoms with van der Waals surface area (Å²) < 4.78 is 6.58. The van der Waals surface area contributed by atoms with Crippen molar-refractivity contribution in [1.29, 1.82) is 0 Å². The number of aliphatic hydroxyl groups is 1. The summed E-state index contributed by atoms with van der Waals surface area (Å²) in [7, 11) is 5.91. The zero-order chi connectivity index (χ0) is 24.3. The normalized spacial score (nSPS) is 19.5. The van der Waals surface area contributed by atoms with E-state index in [1.807, 2.05) is 57.2 Å². The first-order valence-electron chi connectivity index (χ1n) is 11.1. The summed E-state index contributed by atoms with van der Waals surface area (Å²) in [5, 5.41) is 10.9. The molecule has 1 heterocycles. The number of hydrogen-bond donors (Lipinski definition) is 1. The Morgan fingerprint density at radius 3 is 2.55 bits per heavy atom. The second-order valence-electron chi connectivity index (χ2n) is 9.12. The molecule has 0 radical (unpaired) electrons. The predicted molar refractivity (Wildman–Crippen MR) is 135 cm³/mol. The molecule has 1 aliphatic heterocycles. The summed E-state index contributed by atoms with van der Waals surface area (Å²) in [6.45, 7) is 5.69. The molecule has 1 amide bonds. The lowest BCUT2D eigenvalue weighted by molar-refractivity contribution is 0.0343. The first-order chi connectivity index (χ1) is 15.6. The minimum Gasteiger partial charge on any atom is -0.486 e. The molecule has 0 saturated carbocycles. The molecule has 3 rings (SSSR count). The number of ether oxygens (including phenoxy) is 1. The summed E-state index contributed by atoms with van der Waals surface area (Å²) in [5.74, 6) is 0.509. The van der Waals surface area contributed by atoms with Gasteiger partial charge in [0.1, 0.15) is 6.10 Å². The summed E-state index contributed by atoms with van der Waals surface area (Å²) >= 11 is 12.2. The van der Waals surface area contributed by atoms with Crippen LogP contribution in [0.1, 0.15) is 29.8 Å². The summed E-state index contributed by atoms with van der Waals surface area (Å²) in [6.07, 6.45) is -0.167. The van der Waals surface area contributed by atoms with E-state index < -0.39 is 0 Å². The number of amides is 1. The third kappa shape index (κ3) is 5.93. The highest BCUT2D eigenvalue weighted by atomic mass is 35.5. The minimum absolute atomic E-state index is 0.0441. The number of carbonyl (C=O) groups excluding carboxylic acids is 1. The molecule has 33 heavy (non-hydrogen) atoms. The molecular weight excluding hydrogens is 461 g/mol. The summed E-state index contributed by atoms with van der Waals surface area (Å²) in [5.41, 5.74) is 2.43. The fourth-order valence-corrected chi connectivity index (χ4v) is 4.44. The van der Waals surface area contributed by atoms with Crippen LogP contribution in [0, 0.1) is 5.92 Å². The molecule has 1 N–H and O–H groups in total. The van der Waals surface area contributed by atoms with Crippen LogP contribution in [0.5, 0.6) is 5.75 Å². The van der Waals surface area contributed by atoms with E-state index in [1.165, 1.54) is 0 Å². The Balaban J connectivity index is 1.92. The van der Waals surface area contributed by atoms with Crippen LogP contribution in [0.4, 0.5) is 5.69 Å². The molecule has 3 atom stereocenters. The van der Waals surface area contributed by atoms with E-state index >= 15 is 0 Å². The molecule has 0 bridgehead atoms. The van der Waals surface area contributed by atoms with Crippen LogP contribution in [0.15, 0.2) is 36.4 Å². The maximum atomic E-state index is 13.4. The van der Waals surface area contributed by atoms with E-state index in [9.17, 15) is 9.90 Å². The van der Waals surface area contributed by atoms with Gasteiger partial charge in [-0.3, -0.25) is 9.69 Å².